The maximum absolute atomic E-state index is 13.0. The molecule has 2 aromatic rings. The molecule has 1 atom stereocenters. The van der Waals surface area contributed by atoms with Gasteiger partial charge in [0, 0.05) is 5.57 Å². The van der Waals surface area contributed by atoms with Gasteiger partial charge in [-0.3, -0.25) is 10.2 Å². The van der Waals surface area contributed by atoms with Gasteiger partial charge in [-0.05, 0) is 29.3 Å². The molecule has 2 aromatic carbocycles. The SMILES string of the molecule is O=C1NNC(c2ccccc2)C=C1c1ccc(F)cc1. The Morgan fingerprint density at radius 2 is 1.65 bits per heavy atom. The number of carbonyl (C=O) groups excluding carboxylic acids is 1. The first-order chi connectivity index (χ1) is 9.74. The van der Waals surface area contributed by atoms with E-state index in [1.807, 2.05) is 36.4 Å². The highest BCUT2D eigenvalue weighted by Crippen LogP contribution is 2.24. The van der Waals surface area contributed by atoms with E-state index in [2.05, 4.69) is 10.9 Å². The molecule has 0 fully saturated rings. The summed E-state index contributed by atoms with van der Waals surface area (Å²) < 4.78 is 13.0. The normalized spacial score (nSPS) is 18.4. The average Bonchev–Trinajstić information content (AvgIpc) is 2.50. The second-order valence-electron chi connectivity index (χ2n) is 4.57. The van der Waals surface area contributed by atoms with E-state index < -0.39 is 0 Å². The van der Waals surface area contributed by atoms with E-state index in [9.17, 15) is 9.18 Å². The molecule has 1 aliphatic rings. The summed E-state index contributed by atoms with van der Waals surface area (Å²) in [6, 6.07) is 15.6. The van der Waals surface area contributed by atoms with Crippen LogP contribution in [0.3, 0.4) is 0 Å². The van der Waals surface area contributed by atoms with Crippen molar-refractivity contribution in [3.05, 3.63) is 77.6 Å². The molecular weight excluding hydrogens is 255 g/mol. The number of rotatable bonds is 2. The van der Waals surface area contributed by atoms with E-state index in [1.165, 1.54) is 12.1 Å². The van der Waals surface area contributed by atoms with Crippen molar-refractivity contribution in [3.8, 4) is 0 Å². The van der Waals surface area contributed by atoms with Gasteiger partial charge in [-0.25, -0.2) is 9.82 Å². The summed E-state index contributed by atoms with van der Waals surface area (Å²) in [6.07, 6.45) is 1.85. The van der Waals surface area contributed by atoms with Crippen LogP contribution in [0.15, 0.2) is 60.7 Å². The van der Waals surface area contributed by atoms with E-state index >= 15 is 0 Å². The zero-order valence-corrected chi connectivity index (χ0v) is 10.6. The maximum Gasteiger partial charge on any atom is 0.265 e. The summed E-state index contributed by atoms with van der Waals surface area (Å²) in [4.78, 5) is 11.9. The van der Waals surface area contributed by atoms with Crippen LogP contribution in [0.4, 0.5) is 4.39 Å². The molecule has 2 N–H and O–H groups in total. The highest BCUT2D eigenvalue weighted by molar-refractivity contribution is 6.20. The van der Waals surface area contributed by atoms with Gasteiger partial charge in [0.1, 0.15) is 5.82 Å². The highest BCUT2D eigenvalue weighted by Gasteiger charge is 2.21. The Hall–Kier alpha value is -2.46. The number of halogens is 1. The quantitative estimate of drug-likeness (QED) is 0.879. The minimum atomic E-state index is -0.316. The van der Waals surface area contributed by atoms with Crippen LogP contribution >= 0.6 is 0 Å². The third-order valence-electron chi connectivity index (χ3n) is 3.23. The van der Waals surface area contributed by atoms with Gasteiger partial charge in [0.25, 0.3) is 5.91 Å². The lowest BCUT2D eigenvalue weighted by atomic mass is 9.98. The van der Waals surface area contributed by atoms with Crippen molar-refractivity contribution in [2.75, 3.05) is 0 Å². The van der Waals surface area contributed by atoms with Crippen LogP contribution in [0.1, 0.15) is 17.2 Å². The number of amides is 1. The molecule has 0 radical (unpaired) electrons. The molecule has 4 heteroatoms. The molecule has 0 spiro atoms. The zero-order valence-electron chi connectivity index (χ0n) is 10.6. The lowest BCUT2D eigenvalue weighted by molar-refractivity contribution is -0.117. The van der Waals surface area contributed by atoms with Crippen LogP contribution in [0.25, 0.3) is 5.57 Å². The van der Waals surface area contributed by atoms with E-state index in [4.69, 9.17) is 0 Å². The van der Waals surface area contributed by atoms with Gasteiger partial charge < -0.3 is 0 Å². The van der Waals surface area contributed by atoms with Gasteiger partial charge in [0.05, 0.1) is 6.04 Å². The van der Waals surface area contributed by atoms with Crippen molar-refractivity contribution in [2.45, 2.75) is 6.04 Å². The topological polar surface area (TPSA) is 41.1 Å². The summed E-state index contributed by atoms with van der Waals surface area (Å²) >= 11 is 0. The molecule has 1 heterocycles. The molecule has 1 amide bonds. The van der Waals surface area contributed by atoms with Crippen LogP contribution in [-0.2, 0) is 4.79 Å². The fourth-order valence-corrected chi connectivity index (χ4v) is 2.19. The number of benzene rings is 2. The van der Waals surface area contributed by atoms with Crippen LogP contribution in [0.5, 0.6) is 0 Å². The Labute approximate surface area is 116 Å². The van der Waals surface area contributed by atoms with Gasteiger partial charge in [0.2, 0.25) is 0 Å². The first kappa shape index (κ1) is 12.6. The molecule has 3 nitrogen and oxygen atoms in total. The lowest BCUT2D eigenvalue weighted by Gasteiger charge is -2.23. The molecule has 0 aromatic heterocycles. The maximum atomic E-state index is 13.0. The van der Waals surface area contributed by atoms with Crippen molar-refractivity contribution in [2.24, 2.45) is 0 Å². The summed E-state index contributed by atoms with van der Waals surface area (Å²) in [5, 5.41) is 0. The molecule has 0 bridgehead atoms. The Morgan fingerprint density at radius 1 is 0.950 bits per heavy atom. The summed E-state index contributed by atoms with van der Waals surface area (Å²) in [5.74, 6) is -0.535. The van der Waals surface area contributed by atoms with Crippen molar-refractivity contribution < 1.29 is 9.18 Å². The molecular formula is C16H13FN2O. The Kier molecular flexibility index (Phi) is 3.31. The van der Waals surface area contributed by atoms with E-state index in [1.54, 1.807) is 12.1 Å². The smallest absolute Gasteiger partial charge is 0.265 e. The van der Waals surface area contributed by atoms with Crippen molar-refractivity contribution in [1.82, 2.24) is 10.9 Å². The van der Waals surface area contributed by atoms with Crippen LogP contribution in [0, 0.1) is 5.82 Å². The fourth-order valence-electron chi connectivity index (χ4n) is 2.19. The van der Waals surface area contributed by atoms with Crippen molar-refractivity contribution >= 4 is 11.5 Å². The van der Waals surface area contributed by atoms with Crippen molar-refractivity contribution in [1.29, 1.82) is 0 Å². The predicted molar refractivity (Wildman–Crippen MR) is 74.8 cm³/mol. The Balaban J connectivity index is 1.97. The molecule has 1 aliphatic heterocycles. The van der Waals surface area contributed by atoms with Gasteiger partial charge in [0.15, 0.2) is 0 Å². The third kappa shape index (κ3) is 2.46. The van der Waals surface area contributed by atoms with Crippen LogP contribution in [0.2, 0.25) is 0 Å². The van der Waals surface area contributed by atoms with Crippen LogP contribution in [-0.4, -0.2) is 5.91 Å². The van der Waals surface area contributed by atoms with Crippen molar-refractivity contribution in [3.63, 3.8) is 0 Å². The van der Waals surface area contributed by atoms with Gasteiger partial charge in [-0.15, -0.1) is 0 Å². The average molecular weight is 268 g/mol. The number of hydrogen-bond acceptors (Lipinski definition) is 2. The molecule has 20 heavy (non-hydrogen) atoms. The number of hydrogen-bond donors (Lipinski definition) is 2. The van der Waals surface area contributed by atoms with Gasteiger partial charge in [-0.2, -0.15) is 0 Å². The van der Waals surface area contributed by atoms with Crippen LogP contribution < -0.4 is 10.9 Å². The number of carbonyl (C=O) groups is 1. The molecule has 0 aliphatic carbocycles. The lowest BCUT2D eigenvalue weighted by Crippen LogP contribution is -2.43. The highest BCUT2D eigenvalue weighted by atomic mass is 19.1. The second-order valence-corrected chi connectivity index (χ2v) is 4.57. The minimum absolute atomic E-state index is 0.103. The first-order valence-corrected chi connectivity index (χ1v) is 6.32. The first-order valence-electron chi connectivity index (χ1n) is 6.32. The van der Waals surface area contributed by atoms with Gasteiger partial charge >= 0.3 is 0 Å². The monoisotopic (exact) mass is 268 g/mol. The summed E-state index contributed by atoms with van der Waals surface area (Å²) in [5.41, 5.74) is 7.88. The zero-order chi connectivity index (χ0) is 13.9. The molecule has 0 saturated carbocycles. The number of hydrazine groups is 1. The minimum Gasteiger partial charge on any atom is -0.287 e. The standard InChI is InChI=1S/C16H13FN2O/c17-13-8-6-11(7-9-13)14-10-15(18-19-16(14)20)12-4-2-1-3-5-12/h1-10,15,18H,(H,19,20). The second kappa shape index (κ2) is 5.27. The molecule has 0 saturated heterocycles. The Bertz CT molecular complexity index is 650. The van der Waals surface area contributed by atoms with E-state index in [-0.39, 0.29) is 17.8 Å². The fraction of sp³-hybridized carbons (Fsp3) is 0.0625. The third-order valence-corrected chi connectivity index (χ3v) is 3.23. The molecule has 100 valence electrons. The number of nitrogens with one attached hydrogen (secondary N) is 2. The molecule has 1 unspecified atom stereocenters. The van der Waals surface area contributed by atoms with E-state index in [0.29, 0.717) is 11.1 Å². The summed E-state index contributed by atoms with van der Waals surface area (Å²) in [6.45, 7) is 0. The summed E-state index contributed by atoms with van der Waals surface area (Å²) in [7, 11) is 0. The Morgan fingerprint density at radius 3 is 2.35 bits per heavy atom. The largest absolute Gasteiger partial charge is 0.287 e. The van der Waals surface area contributed by atoms with Gasteiger partial charge in [-0.1, -0.05) is 42.5 Å². The molecule has 3 rings (SSSR count). The predicted octanol–water partition coefficient (Wildman–Crippen LogP) is 2.58. The van der Waals surface area contributed by atoms with E-state index in [0.717, 1.165) is 5.56 Å².